The van der Waals surface area contributed by atoms with E-state index in [1.165, 1.54) is 16.9 Å². The van der Waals surface area contributed by atoms with Gasteiger partial charge in [-0.3, -0.25) is 4.79 Å². The first-order valence-electron chi connectivity index (χ1n) is 19.8. The molecule has 2 aromatic rings. The Morgan fingerprint density at radius 1 is 0.982 bits per heavy atom. The van der Waals surface area contributed by atoms with Crippen LogP contribution >= 0.6 is 11.6 Å². The molecular weight excluding hydrogens is 730 g/mol. The lowest BCUT2D eigenvalue weighted by atomic mass is 9.70. The molecule has 5 rings (SSSR count). The van der Waals surface area contributed by atoms with Crippen LogP contribution in [0.5, 0.6) is 0 Å². The summed E-state index contributed by atoms with van der Waals surface area (Å²) in [5.74, 6) is 0.318. The van der Waals surface area contributed by atoms with Gasteiger partial charge in [0.05, 0.1) is 0 Å². The number of ether oxygens (including phenoxy) is 1. The van der Waals surface area contributed by atoms with Crippen molar-refractivity contribution in [3.63, 3.8) is 0 Å². The van der Waals surface area contributed by atoms with Gasteiger partial charge in [0.2, 0.25) is 5.91 Å². The van der Waals surface area contributed by atoms with Gasteiger partial charge in [-0.05, 0) is 104 Å². The van der Waals surface area contributed by atoms with E-state index in [4.69, 9.17) is 21.4 Å². The molecule has 0 saturated carbocycles. The van der Waals surface area contributed by atoms with Gasteiger partial charge in [0.1, 0.15) is 29.4 Å². The molecule has 2 N–H and O–H groups in total. The maximum absolute atomic E-state index is 12.7. The Labute approximate surface area is 343 Å². The molecule has 296 valence electrons. The molecule has 2 heterocycles. The van der Waals surface area contributed by atoms with Crippen LogP contribution in [0.3, 0.4) is 0 Å². The number of benzene rings is 2. The van der Waals surface area contributed by atoms with Crippen molar-refractivity contribution in [2.45, 2.75) is 104 Å². The highest BCUT2D eigenvalue weighted by molar-refractivity contribution is 6.32. The molecule has 0 radical (unpaired) electrons. The Morgan fingerprint density at radius 2 is 1.68 bits per heavy atom. The minimum Gasteiger partial charge on any atom is -0.480 e. The molecule has 1 aliphatic carbocycles. The SMILES string of the molecule is CC1(C)OC(=C(C#N)C#N)C(C#N)=C1/C=C/C1=C(Cl)C(=C/C=C2/N(CCCCCC(=O)Nc3ccc(CCO)cc3)c3ccccc3C2(C)C)/CC(C(C)(C)C)C1. The van der Waals surface area contributed by atoms with Crippen molar-refractivity contribution < 1.29 is 14.6 Å². The topological polar surface area (TPSA) is 133 Å². The van der Waals surface area contributed by atoms with Gasteiger partial charge < -0.3 is 20.1 Å². The highest BCUT2D eigenvalue weighted by atomic mass is 35.5. The van der Waals surface area contributed by atoms with Crippen molar-refractivity contribution >= 4 is 28.9 Å². The molecule has 2 aliphatic heterocycles. The summed E-state index contributed by atoms with van der Waals surface area (Å²) >= 11 is 7.28. The van der Waals surface area contributed by atoms with Crippen LogP contribution in [0.1, 0.15) is 98.1 Å². The van der Waals surface area contributed by atoms with Crippen LogP contribution in [0.4, 0.5) is 11.4 Å². The van der Waals surface area contributed by atoms with Gasteiger partial charge in [0.15, 0.2) is 11.3 Å². The van der Waals surface area contributed by atoms with Crippen LogP contribution < -0.4 is 10.2 Å². The minimum absolute atomic E-state index is 0.00111. The van der Waals surface area contributed by atoms with E-state index in [0.717, 1.165) is 61.0 Å². The number of para-hydroxylation sites is 1. The summed E-state index contributed by atoms with van der Waals surface area (Å²) in [6.07, 6.45) is 13.5. The summed E-state index contributed by atoms with van der Waals surface area (Å²) in [5.41, 5.74) is 6.85. The fraction of sp³-hybridized carbons (Fsp3) is 0.417. The van der Waals surface area contributed by atoms with Gasteiger partial charge in [-0.25, -0.2) is 0 Å². The van der Waals surface area contributed by atoms with Crippen LogP contribution in [0.2, 0.25) is 0 Å². The quantitative estimate of drug-likeness (QED) is 0.162. The summed E-state index contributed by atoms with van der Waals surface area (Å²) in [4.78, 5) is 15.1. The number of nitrogens with one attached hydrogen (secondary N) is 1. The number of halogens is 1. The third kappa shape index (κ3) is 9.62. The molecule has 0 spiro atoms. The molecule has 0 aromatic heterocycles. The first-order valence-corrected chi connectivity index (χ1v) is 20.2. The highest BCUT2D eigenvalue weighted by Gasteiger charge is 2.41. The number of amides is 1. The number of carbonyl (C=O) groups excluding carboxylic acids is 1. The van der Waals surface area contributed by atoms with E-state index >= 15 is 0 Å². The number of unbranched alkanes of at least 4 members (excludes halogenated alkanes) is 2. The zero-order valence-corrected chi connectivity index (χ0v) is 35.1. The average Bonchev–Trinajstić information content (AvgIpc) is 3.55. The maximum atomic E-state index is 12.7. The molecule has 0 saturated heterocycles. The second-order valence-electron chi connectivity index (χ2n) is 17.2. The number of rotatable bonds is 12. The zero-order valence-electron chi connectivity index (χ0n) is 34.3. The molecule has 57 heavy (non-hydrogen) atoms. The minimum atomic E-state index is -0.919. The smallest absolute Gasteiger partial charge is 0.224 e. The molecule has 3 aliphatic rings. The van der Waals surface area contributed by atoms with Gasteiger partial charge in [-0.15, -0.1) is 0 Å². The van der Waals surface area contributed by atoms with Gasteiger partial charge in [0.25, 0.3) is 0 Å². The maximum Gasteiger partial charge on any atom is 0.224 e. The van der Waals surface area contributed by atoms with E-state index in [2.05, 4.69) is 87.3 Å². The van der Waals surface area contributed by atoms with E-state index in [0.29, 0.717) is 29.4 Å². The summed E-state index contributed by atoms with van der Waals surface area (Å²) in [5, 5.41) is 41.9. The molecular formula is C48H54ClN5O3. The largest absolute Gasteiger partial charge is 0.480 e. The fourth-order valence-electron chi connectivity index (χ4n) is 7.95. The number of aliphatic hydroxyl groups excluding tert-OH is 1. The summed E-state index contributed by atoms with van der Waals surface area (Å²) in [6, 6.07) is 22.1. The predicted octanol–water partition coefficient (Wildman–Crippen LogP) is 10.8. The number of allylic oxidation sites excluding steroid dienone is 9. The second kappa shape index (κ2) is 17.9. The Hall–Kier alpha value is -5.33. The van der Waals surface area contributed by atoms with E-state index in [1.54, 1.807) is 0 Å². The Morgan fingerprint density at radius 3 is 2.33 bits per heavy atom. The number of anilines is 2. The normalized spacial score (nSPS) is 20.1. The first kappa shape index (κ1) is 42.8. The van der Waals surface area contributed by atoms with Crippen molar-refractivity contribution in [3.05, 3.63) is 128 Å². The van der Waals surface area contributed by atoms with Crippen molar-refractivity contribution in [1.29, 1.82) is 15.8 Å². The third-order valence-corrected chi connectivity index (χ3v) is 11.9. The molecule has 1 unspecified atom stereocenters. The number of aliphatic hydroxyl groups is 1. The van der Waals surface area contributed by atoms with Crippen LogP contribution in [-0.2, 0) is 21.4 Å². The van der Waals surface area contributed by atoms with Crippen LogP contribution in [0.15, 0.2) is 117 Å². The molecule has 1 amide bonds. The lowest BCUT2D eigenvalue weighted by Crippen LogP contribution is -2.27. The van der Waals surface area contributed by atoms with Crippen molar-refractivity contribution in [2.24, 2.45) is 11.3 Å². The molecule has 8 nitrogen and oxygen atoms in total. The number of hydrogen-bond donors (Lipinski definition) is 2. The average molecular weight is 784 g/mol. The lowest BCUT2D eigenvalue weighted by molar-refractivity contribution is -0.116. The standard InChI is InChI=1S/C48H54ClN5O3/c1-46(2,3)36-27-33(18-22-39-38(31-52)45(35(29-50)30-51)57-48(39,6)7)44(49)34(28-36)19-23-42-47(4,5)40-13-10-11-14-41(40)54(42)25-12-8-9-15-43(56)53-37-20-16-32(17-21-37)24-26-55/h10-11,13-14,16-23,36,55H,8-9,12,15,24-28H2,1-7H3,(H,53,56)/b22-18+,34-19+,42-23+. The van der Waals surface area contributed by atoms with Crippen LogP contribution in [0.25, 0.3) is 0 Å². The van der Waals surface area contributed by atoms with Crippen molar-refractivity contribution in [2.75, 3.05) is 23.4 Å². The number of carbonyl (C=O) groups is 1. The van der Waals surface area contributed by atoms with Gasteiger partial charge in [-0.2, -0.15) is 15.8 Å². The number of hydrogen-bond acceptors (Lipinski definition) is 7. The van der Waals surface area contributed by atoms with Gasteiger partial charge >= 0.3 is 0 Å². The van der Waals surface area contributed by atoms with E-state index in [1.807, 2.05) is 62.4 Å². The first-order chi connectivity index (χ1) is 27.0. The van der Waals surface area contributed by atoms with Crippen LogP contribution in [-0.4, -0.2) is 29.8 Å². The Bertz CT molecular complexity index is 2170. The van der Waals surface area contributed by atoms with Gasteiger partial charge in [0, 0.05) is 52.7 Å². The summed E-state index contributed by atoms with van der Waals surface area (Å²) < 4.78 is 6.00. The third-order valence-electron chi connectivity index (χ3n) is 11.4. The molecule has 1 atom stereocenters. The number of fused-ring (bicyclic) bond motifs is 1. The zero-order chi connectivity index (χ0) is 41.5. The molecule has 0 bridgehead atoms. The fourth-order valence-corrected chi connectivity index (χ4v) is 8.23. The molecule has 9 heteroatoms. The number of nitriles is 3. The van der Waals surface area contributed by atoms with Crippen molar-refractivity contribution in [3.8, 4) is 18.2 Å². The second-order valence-corrected chi connectivity index (χ2v) is 17.5. The molecule has 2 aromatic carbocycles. The van der Waals surface area contributed by atoms with Crippen molar-refractivity contribution in [1.82, 2.24) is 0 Å². The molecule has 0 fully saturated rings. The Balaban J connectivity index is 1.39. The number of nitrogens with zero attached hydrogens (tertiary/aromatic N) is 4. The van der Waals surface area contributed by atoms with E-state index < -0.39 is 5.60 Å². The van der Waals surface area contributed by atoms with E-state index in [-0.39, 0.29) is 40.2 Å². The summed E-state index contributed by atoms with van der Waals surface area (Å²) in [6.45, 7) is 15.8. The highest BCUT2D eigenvalue weighted by Crippen LogP contribution is 2.49. The lowest BCUT2D eigenvalue weighted by Gasteiger charge is -2.36. The summed E-state index contributed by atoms with van der Waals surface area (Å²) in [7, 11) is 0. The van der Waals surface area contributed by atoms with E-state index in [9.17, 15) is 20.6 Å². The monoisotopic (exact) mass is 783 g/mol. The Kier molecular flexibility index (Phi) is 13.4. The predicted molar refractivity (Wildman–Crippen MR) is 228 cm³/mol. The van der Waals surface area contributed by atoms with Gasteiger partial charge in [-0.1, -0.05) is 101 Å². The van der Waals surface area contributed by atoms with Crippen LogP contribution in [0, 0.1) is 45.3 Å².